The smallest absolute Gasteiger partial charge is 0.217 e. The van der Waals surface area contributed by atoms with E-state index in [9.17, 15) is 4.79 Å². The van der Waals surface area contributed by atoms with Crippen LogP contribution in [-0.4, -0.2) is 11.9 Å². The van der Waals surface area contributed by atoms with Gasteiger partial charge in [-0.15, -0.1) is 0 Å². The molecule has 0 aromatic carbocycles. The zero-order chi connectivity index (χ0) is 11.7. The third-order valence-corrected chi connectivity index (χ3v) is 4.31. The van der Waals surface area contributed by atoms with Gasteiger partial charge in [-0.1, -0.05) is 27.7 Å². The summed E-state index contributed by atoms with van der Waals surface area (Å²) in [6.07, 6.45) is 4.71. The normalized spacial score (nSPS) is 32.5. The van der Waals surface area contributed by atoms with Crippen LogP contribution in [0.3, 0.4) is 0 Å². The highest BCUT2D eigenvalue weighted by Gasteiger charge is 2.40. The van der Waals surface area contributed by atoms with Crippen molar-refractivity contribution in [2.24, 2.45) is 10.8 Å². The highest BCUT2D eigenvalue weighted by Crippen LogP contribution is 2.48. The van der Waals surface area contributed by atoms with E-state index >= 15 is 0 Å². The van der Waals surface area contributed by atoms with E-state index in [2.05, 4.69) is 33.0 Å². The van der Waals surface area contributed by atoms with E-state index in [0.717, 1.165) is 12.8 Å². The highest BCUT2D eigenvalue weighted by atomic mass is 16.1. The van der Waals surface area contributed by atoms with Gasteiger partial charge in [0.05, 0.1) is 0 Å². The van der Waals surface area contributed by atoms with Crippen molar-refractivity contribution in [1.82, 2.24) is 5.32 Å². The summed E-state index contributed by atoms with van der Waals surface area (Å²) in [6, 6.07) is 0.415. The van der Waals surface area contributed by atoms with Crippen LogP contribution in [0.5, 0.6) is 0 Å². The molecule has 1 fully saturated rings. The number of carbonyl (C=O) groups is 1. The molecular weight excluding hydrogens is 186 g/mol. The Morgan fingerprint density at radius 1 is 1.27 bits per heavy atom. The number of rotatable bonds is 1. The fraction of sp³-hybridized carbons (Fsp3) is 0.923. The second-order valence-corrected chi connectivity index (χ2v) is 6.29. The van der Waals surface area contributed by atoms with Gasteiger partial charge in [-0.25, -0.2) is 0 Å². The van der Waals surface area contributed by atoms with Gasteiger partial charge in [0.25, 0.3) is 0 Å². The van der Waals surface area contributed by atoms with Crippen LogP contribution in [-0.2, 0) is 4.79 Å². The van der Waals surface area contributed by atoms with Crippen molar-refractivity contribution in [3.05, 3.63) is 0 Å². The molecular formula is C13H25NO. The Balaban J connectivity index is 2.52. The van der Waals surface area contributed by atoms with Gasteiger partial charge >= 0.3 is 0 Å². The number of hydrogen-bond donors (Lipinski definition) is 1. The first kappa shape index (κ1) is 12.5. The molecule has 15 heavy (non-hydrogen) atoms. The molecule has 0 bridgehead atoms. The summed E-state index contributed by atoms with van der Waals surface area (Å²) in [7, 11) is 0. The predicted molar refractivity (Wildman–Crippen MR) is 63.6 cm³/mol. The van der Waals surface area contributed by atoms with E-state index in [1.807, 2.05) is 0 Å². The molecule has 0 unspecified atom stereocenters. The molecule has 1 aliphatic carbocycles. The molecule has 0 aliphatic heterocycles. The summed E-state index contributed by atoms with van der Waals surface area (Å²) in [4.78, 5) is 11.0. The maximum Gasteiger partial charge on any atom is 0.217 e. The van der Waals surface area contributed by atoms with E-state index in [1.165, 1.54) is 12.8 Å². The fourth-order valence-electron chi connectivity index (χ4n) is 2.44. The van der Waals surface area contributed by atoms with Crippen molar-refractivity contribution < 1.29 is 4.79 Å². The van der Waals surface area contributed by atoms with Crippen LogP contribution in [0.2, 0.25) is 0 Å². The quantitative estimate of drug-likeness (QED) is 0.709. The topological polar surface area (TPSA) is 29.1 Å². The Morgan fingerprint density at radius 2 is 1.73 bits per heavy atom. The largest absolute Gasteiger partial charge is 0.354 e. The van der Waals surface area contributed by atoms with Gasteiger partial charge in [-0.05, 0) is 36.5 Å². The summed E-state index contributed by atoms with van der Waals surface area (Å²) >= 11 is 0. The molecule has 0 atom stereocenters. The number of nitrogens with one attached hydrogen (secondary N) is 1. The predicted octanol–water partition coefficient (Wildman–Crippen LogP) is 3.12. The summed E-state index contributed by atoms with van der Waals surface area (Å²) < 4.78 is 0. The molecule has 1 rings (SSSR count). The third-order valence-electron chi connectivity index (χ3n) is 4.31. The molecule has 1 saturated carbocycles. The molecule has 1 N–H and O–H groups in total. The molecule has 0 spiro atoms. The van der Waals surface area contributed by atoms with Gasteiger partial charge in [0.1, 0.15) is 0 Å². The van der Waals surface area contributed by atoms with Gasteiger partial charge in [0.2, 0.25) is 5.91 Å². The Hall–Kier alpha value is -0.530. The first-order valence-corrected chi connectivity index (χ1v) is 6.02. The lowest BCUT2D eigenvalue weighted by molar-refractivity contribution is -0.120. The molecule has 88 valence electrons. The van der Waals surface area contributed by atoms with Crippen molar-refractivity contribution >= 4 is 5.91 Å². The zero-order valence-corrected chi connectivity index (χ0v) is 10.8. The minimum atomic E-state index is 0.111. The van der Waals surface area contributed by atoms with Crippen molar-refractivity contribution in [2.75, 3.05) is 0 Å². The Morgan fingerprint density at radius 3 is 2.07 bits per heavy atom. The number of hydrogen-bond acceptors (Lipinski definition) is 1. The molecule has 0 aromatic rings. The molecule has 0 aromatic heterocycles. The molecule has 0 heterocycles. The first-order chi connectivity index (χ1) is 6.74. The molecule has 0 radical (unpaired) electrons. The standard InChI is InChI=1S/C13H25NO/c1-10(15)14-11-6-8-13(5,9-7-11)12(2,3)4/h11H,6-9H2,1-5H3,(H,14,15). The van der Waals surface area contributed by atoms with E-state index < -0.39 is 0 Å². The van der Waals surface area contributed by atoms with Crippen molar-refractivity contribution in [1.29, 1.82) is 0 Å². The summed E-state index contributed by atoms with van der Waals surface area (Å²) in [5.41, 5.74) is 0.802. The summed E-state index contributed by atoms with van der Waals surface area (Å²) in [6.45, 7) is 11.0. The van der Waals surface area contributed by atoms with E-state index in [0.29, 0.717) is 16.9 Å². The lowest BCUT2D eigenvalue weighted by atomic mass is 9.60. The van der Waals surface area contributed by atoms with Crippen molar-refractivity contribution in [3.8, 4) is 0 Å². The van der Waals surface area contributed by atoms with Gasteiger partial charge in [-0.2, -0.15) is 0 Å². The minimum absolute atomic E-state index is 0.111. The summed E-state index contributed by atoms with van der Waals surface area (Å²) in [5.74, 6) is 0.111. The molecule has 2 heteroatoms. The average Bonchev–Trinajstić information content (AvgIpc) is 2.06. The Labute approximate surface area is 93.8 Å². The van der Waals surface area contributed by atoms with E-state index in [1.54, 1.807) is 6.92 Å². The SMILES string of the molecule is CC(=O)NC1CCC(C)(C(C)(C)C)CC1. The number of carbonyl (C=O) groups excluding carboxylic acids is 1. The van der Waals surface area contributed by atoms with Crippen LogP contribution in [0.25, 0.3) is 0 Å². The van der Waals surface area contributed by atoms with Crippen molar-refractivity contribution in [2.45, 2.75) is 66.3 Å². The summed E-state index contributed by atoms with van der Waals surface area (Å²) in [5, 5.41) is 3.03. The van der Waals surface area contributed by atoms with Gasteiger partial charge in [0, 0.05) is 13.0 Å². The molecule has 1 amide bonds. The van der Waals surface area contributed by atoms with E-state index in [-0.39, 0.29) is 5.91 Å². The Bertz CT molecular complexity index is 231. The maximum atomic E-state index is 11.0. The minimum Gasteiger partial charge on any atom is -0.354 e. The monoisotopic (exact) mass is 211 g/mol. The lowest BCUT2D eigenvalue weighted by Crippen LogP contribution is -2.43. The molecule has 0 saturated heterocycles. The van der Waals surface area contributed by atoms with Crippen LogP contribution >= 0.6 is 0 Å². The van der Waals surface area contributed by atoms with Crippen LogP contribution in [0.1, 0.15) is 60.3 Å². The van der Waals surface area contributed by atoms with Crippen LogP contribution < -0.4 is 5.32 Å². The van der Waals surface area contributed by atoms with Crippen LogP contribution in [0.15, 0.2) is 0 Å². The lowest BCUT2D eigenvalue weighted by Gasteiger charge is -2.47. The first-order valence-electron chi connectivity index (χ1n) is 6.02. The zero-order valence-electron chi connectivity index (χ0n) is 10.8. The molecule has 2 nitrogen and oxygen atoms in total. The fourth-order valence-corrected chi connectivity index (χ4v) is 2.44. The molecule has 1 aliphatic rings. The highest BCUT2D eigenvalue weighted by molar-refractivity contribution is 5.73. The maximum absolute atomic E-state index is 11.0. The number of amides is 1. The second-order valence-electron chi connectivity index (χ2n) is 6.29. The van der Waals surface area contributed by atoms with Gasteiger partial charge < -0.3 is 5.32 Å². The second kappa shape index (κ2) is 4.15. The average molecular weight is 211 g/mol. The van der Waals surface area contributed by atoms with Gasteiger partial charge in [0.15, 0.2) is 0 Å². The third kappa shape index (κ3) is 2.96. The van der Waals surface area contributed by atoms with Crippen LogP contribution in [0, 0.1) is 10.8 Å². The van der Waals surface area contributed by atoms with Crippen molar-refractivity contribution in [3.63, 3.8) is 0 Å². The van der Waals surface area contributed by atoms with Crippen LogP contribution in [0.4, 0.5) is 0 Å². The van der Waals surface area contributed by atoms with Gasteiger partial charge in [-0.3, -0.25) is 4.79 Å². The van der Waals surface area contributed by atoms with E-state index in [4.69, 9.17) is 0 Å². The Kier molecular flexibility index (Phi) is 3.47.